The molecule has 0 bridgehead atoms. The third kappa shape index (κ3) is 2.84. The van der Waals surface area contributed by atoms with E-state index in [0.29, 0.717) is 5.75 Å². The number of phenolic OH excluding ortho intramolecular Hbond substituents is 1. The van der Waals surface area contributed by atoms with Crippen LogP contribution in [0.5, 0.6) is 5.75 Å². The molecule has 0 unspecified atom stereocenters. The fourth-order valence-corrected chi connectivity index (χ4v) is 1.48. The second-order valence-electron chi connectivity index (χ2n) is 5.41. The van der Waals surface area contributed by atoms with Crippen molar-refractivity contribution in [1.29, 1.82) is 0 Å². The first kappa shape index (κ1) is 12.8. The van der Waals surface area contributed by atoms with Gasteiger partial charge in [0, 0.05) is 5.56 Å². The highest BCUT2D eigenvalue weighted by molar-refractivity contribution is 5.77. The molecule has 16 heavy (non-hydrogen) atoms. The number of benzene rings is 1. The second kappa shape index (κ2) is 4.28. The number of nitrogens with zero attached hydrogens (tertiary/aromatic N) is 1. The normalized spacial score (nSPS) is 13.0. The van der Waals surface area contributed by atoms with Crippen molar-refractivity contribution in [3.63, 3.8) is 0 Å². The number of hydrogen-bond acceptors (Lipinski definition) is 1. The van der Waals surface area contributed by atoms with Crippen molar-refractivity contribution >= 4 is 6.21 Å². The van der Waals surface area contributed by atoms with Crippen LogP contribution in [-0.2, 0) is 0 Å². The summed E-state index contributed by atoms with van der Waals surface area (Å²) in [6.45, 7) is 10.4. The Bertz CT molecular complexity index is 402. The Morgan fingerprint density at radius 3 is 1.94 bits per heavy atom. The fraction of sp³-hybridized carbons (Fsp3) is 0.500. The first-order valence-corrected chi connectivity index (χ1v) is 5.60. The van der Waals surface area contributed by atoms with E-state index in [1.807, 2.05) is 26.0 Å². The van der Waals surface area contributed by atoms with Gasteiger partial charge in [-0.1, -0.05) is 0 Å². The molecular weight excluding hydrogens is 198 g/mol. The zero-order valence-corrected chi connectivity index (χ0v) is 11.1. The van der Waals surface area contributed by atoms with Gasteiger partial charge in [0.25, 0.3) is 0 Å². The van der Waals surface area contributed by atoms with E-state index >= 15 is 0 Å². The standard InChI is InChI=1S/C14H21NO/c1-10-7-12(8-11(2)13(10)16)9-15(6)14(3,4)5/h7-9H,1-6H3/p+1. The Morgan fingerprint density at radius 1 is 1.12 bits per heavy atom. The molecule has 2 heteroatoms. The minimum Gasteiger partial charge on any atom is -0.507 e. The van der Waals surface area contributed by atoms with E-state index in [1.165, 1.54) is 0 Å². The van der Waals surface area contributed by atoms with E-state index in [9.17, 15) is 5.11 Å². The quantitative estimate of drug-likeness (QED) is 0.571. The molecule has 0 saturated carbocycles. The smallest absolute Gasteiger partial charge is 0.170 e. The molecule has 0 aliphatic rings. The van der Waals surface area contributed by atoms with Gasteiger partial charge in [0.15, 0.2) is 11.8 Å². The molecule has 0 fully saturated rings. The molecule has 1 aromatic carbocycles. The van der Waals surface area contributed by atoms with Crippen molar-refractivity contribution in [2.24, 2.45) is 0 Å². The molecule has 0 atom stereocenters. The SMILES string of the molecule is Cc1cc(/C=[N+](\C)C(C)(C)C)cc(C)c1O. The van der Waals surface area contributed by atoms with Gasteiger partial charge in [-0.15, -0.1) is 0 Å². The number of aryl methyl sites for hydroxylation is 2. The van der Waals surface area contributed by atoms with Crippen molar-refractivity contribution in [3.8, 4) is 5.75 Å². The average molecular weight is 220 g/mol. The Hall–Kier alpha value is -1.31. The first-order chi connectivity index (χ1) is 7.21. The molecule has 0 spiro atoms. The van der Waals surface area contributed by atoms with E-state index in [-0.39, 0.29) is 5.54 Å². The minimum atomic E-state index is 0.111. The maximum atomic E-state index is 9.70. The number of phenols is 1. The molecule has 0 heterocycles. The van der Waals surface area contributed by atoms with Gasteiger partial charge in [-0.3, -0.25) is 0 Å². The molecular formula is C14H22NO+. The van der Waals surface area contributed by atoms with Gasteiger partial charge in [-0.25, -0.2) is 4.58 Å². The van der Waals surface area contributed by atoms with Crippen molar-refractivity contribution in [2.75, 3.05) is 7.05 Å². The molecule has 88 valence electrons. The maximum absolute atomic E-state index is 9.70. The summed E-state index contributed by atoms with van der Waals surface area (Å²) in [5.41, 5.74) is 3.09. The van der Waals surface area contributed by atoms with Gasteiger partial charge >= 0.3 is 0 Å². The number of hydrogen-bond donors (Lipinski definition) is 1. The zero-order valence-electron chi connectivity index (χ0n) is 11.1. The van der Waals surface area contributed by atoms with Crippen LogP contribution in [0.3, 0.4) is 0 Å². The van der Waals surface area contributed by atoms with Crippen LogP contribution in [0.1, 0.15) is 37.5 Å². The largest absolute Gasteiger partial charge is 0.507 e. The lowest BCUT2D eigenvalue weighted by atomic mass is 10.1. The summed E-state index contributed by atoms with van der Waals surface area (Å²) in [4.78, 5) is 0. The van der Waals surface area contributed by atoms with Gasteiger partial charge in [0.2, 0.25) is 0 Å². The molecule has 0 aromatic heterocycles. The summed E-state index contributed by atoms with van der Waals surface area (Å²) in [6.07, 6.45) is 2.11. The first-order valence-electron chi connectivity index (χ1n) is 5.60. The van der Waals surface area contributed by atoms with E-state index in [0.717, 1.165) is 16.7 Å². The third-order valence-electron chi connectivity index (χ3n) is 2.91. The van der Waals surface area contributed by atoms with Crippen LogP contribution >= 0.6 is 0 Å². The molecule has 1 N–H and O–H groups in total. The van der Waals surface area contributed by atoms with Crippen molar-refractivity contribution in [2.45, 2.75) is 40.2 Å². The highest BCUT2D eigenvalue weighted by atomic mass is 16.3. The van der Waals surface area contributed by atoms with E-state index in [1.54, 1.807) is 0 Å². The van der Waals surface area contributed by atoms with Gasteiger partial charge < -0.3 is 5.11 Å². The lowest BCUT2D eigenvalue weighted by molar-refractivity contribution is -0.565. The zero-order chi connectivity index (χ0) is 12.5. The highest BCUT2D eigenvalue weighted by Crippen LogP contribution is 2.22. The van der Waals surface area contributed by atoms with Crippen molar-refractivity contribution < 1.29 is 9.68 Å². The lowest BCUT2D eigenvalue weighted by Crippen LogP contribution is -2.30. The molecule has 2 nitrogen and oxygen atoms in total. The van der Waals surface area contributed by atoms with Crippen molar-refractivity contribution in [3.05, 3.63) is 28.8 Å². The number of rotatable bonds is 1. The van der Waals surface area contributed by atoms with Gasteiger partial charge in [0.1, 0.15) is 12.8 Å². The molecule has 0 aliphatic carbocycles. The fourth-order valence-electron chi connectivity index (χ4n) is 1.48. The molecule has 0 saturated heterocycles. The Kier molecular flexibility index (Phi) is 3.41. The predicted molar refractivity (Wildman–Crippen MR) is 68.7 cm³/mol. The van der Waals surface area contributed by atoms with E-state index < -0.39 is 0 Å². The summed E-state index contributed by atoms with van der Waals surface area (Å²) in [6, 6.07) is 4.01. The van der Waals surface area contributed by atoms with Crippen LogP contribution < -0.4 is 0 Å². The monoisotopic (exact) mass is 220 g/mol. The van der Waals surface area contributed by atoms with Crippen LogP contribution in [0.25, 0.3) is 0 Å². The molecule has 0 radical (unpaired) electrons. The van der Waals surface area contributed by atoms with E-state index in [2.05, 4.69) is 38.6 Å². The molecule has 1 aromatic rings. The van der Waals surface area contributed by atoms with E-state index in [4.69, 9.17) is 0 Å². The molecule has 0 aliphatic heterocycles. The van der Waals surface area contributed by atoms with Crippen LogP contribution in [0.2, 0.25) is 0 Å². The van der Waals surface area contributed by atoms with Crippen molar-refractivity contribution in [1.82, 2.24) is 0 Å². The Labute approximate surface area is 98.3 Å². The molecule has 1 rings (SSSR count). The van der Waals surface area contributed by atoms with Crippen LogP contribution in [0.15, 0.2) is 12.1 Å². The van der Waals surface area contributed by atoms with Crippen LogP contribution in [0, 0.1) is 13.8 Å². The Balaban J connectivity index is 3.17. The lowest BCUT2D eigenvalue weighted by Gasteiger charge is -2.14. The van der Waals surface area contributed by atoms with Crippen LogP contribution in [-0.4, -0.2) is 28.5 Å². The summed E-state index contributed by atoms with van der Waals surface area (Å²) in [5, 5.41) is 9.70. The van der Waals surface area contributed by atoms with Gasteiger partial charge in [0.05, 0.1) is 0 Å². The second-order valence-corrected chi connectivity index (χ2v) is 5.41. The highest BCUT2D eigenvalue weighted by Gasteiger charge is 2.19. The Morgan fingerprint density at radius 2 is 1.56 bits per heavy atom. The minimum absolute atomic E-state index is 0.111. The predicted octanol–water partition coefficient (Wildman–Crippen LogP) is 2.87. The third-order valence-corrected chi connectivity index (χ3v) is 2.91. The summed E-state index contributed by atoms with van der Waals surface area (Å²) >= 11 is 0. The topological polar surface area (TPSA) is 23.2 Å². The number of aromatic hydroxyl groups is 1. The summed E-state index contributed by atoms with van der Waals surface area (Å²) in [5.74, 6) is 0.399. The van der Waals surface area contributed by atoms with Crippen LogP contribution in [0.4, 0.5) is 0 Å². The van der Waals surface area contributed by atoms with Gasteiger partial charge in [-0.05, 0) is 57.9 Å². The van der Waals surface area contributed by atoms with Gasteiger partial charge in [-0.2, -0.15) is 0 Å². The summed E-state index contributed by atoms with van der Waals surface area (Å²) in [7, 11) is 2.07. The summed E-state index contributed by atoms with van der Waals surface area (Å²) < 4.78 is 2.18. The maximum Gasteiger partial charge on any atom is 0.170 e. The molecule has 0 amide bonds. The average Bonchev–Trinajstić information content (AvgIpc) is 2.12.